The van der Waals surface area contributed by atoms with Crippen LogP contribution in [0, 0.1) is 0 Å². The summed E-state index contributed by atoms with van der Waals surface area (Å²) in [4.78, 5) is 11.7. The fourth-order valence-electron chi connectivity index (χ4n) is 1.78. The van der Waals surface area contributed by atoms with Gasteiger partial charge in [0.25, 0.3) is 0 Å². The molecule has 0 rings (SSSR count). The lowest BCUT2D eigenvalue weighted by Crippen LogP contribution is -2.09. The third kappa shape index (κ3) is 10.3. The third-order valence-corrected chi connectivity index (χ3v) is 4.68. The molecular formula is C13H27O5P. The van der Waals surface area contributed by atoms with Crippen molar-refractivity contribution in [2.75, 3.05) is 26.0 Å². The smallest absolute Gasteiger partial charge is 0.338 e. The number of hydrogen-bond donors (Lipinski definition) is 1. The zero-order chi connectivity index (χ0) is 14.6. The summed E-state index contributed by atoms with van der Waals surface area (Å²) in [6.45, 7) is 4.26. The summed E-state index contributed by atoms with van der Waals surface area (Å²) in [6, 6.07) is 0. The summed E-state index contributed by atoms with van der Waals surface area (Å²) in [7, 11) is -3.22. The van der Waals surface area contributed by atoms with Crippen molar-refractivity contribution >= 4 is 13.4 Å². The van der Waals surface area contributed by atoms with Gasteiger partial charge < -0.3 is 14.2 Å². The number of rotatable bonds is 13. The van der Waals surface area contributed by atoms with Crippen molar-refractivity contribution in [2.24, 2.45) is 0 Å². The topological polar surface area (TPSA) is 72.8 Å². The second-order valence-electron chi connectivity index (χ2n) is 4.38. The molecule has 0 saturated heterocycles. The summed E-state index contributed by atoms with van der Waals surface area (Å²) in [5, 5.41) is 8.63. The van der Waals surface area contributed by atoms with Crippen LogP contribution in [0.3, 0.4) is 0 Å². The molecule has 114 valence electrons. The first kappa shape index (κ1) is 18.8. The van der Waals surface area contributed by atoms with Crippen LogP contribution in [0.1, 0.15) is 52.4 Å². The first-order valence-electron chi connectivity index (χ1n) is 7.08. The van der Waals surface area contributed by atoms with E-state index in [1.165, 1.54) is 0 Å². The number of hydrogen-bond acceptors (Lipinski definition) is 5. The van der Waals surface area contributed by atoms with Gasteiger partial charge in [0.1, 0.15) is 11.9 Å². The molecular weight excluding hydrogens is 267 g/mol. The minimum absolute atomic E-state index is 0.0626. The molecule has 0 aliphatic carbocycles. The SMILES string of the molecule is CCOP(=O)(CC(=O)CCCCCCCO)OCC. The van der Waals surface area contributed by atoms with Crippen LogP contribution >= 0.6 is 7.60 Å². The molecule has 5 nitrogen and oxygen atoms in total. The van der Waals surface area contributed by atoms with E-state index in [-0.39, 0.29) is 31.8 Å². The Morgan fingerprint density at radius 1 is 1.00 bits per heavy atom. The van der Waals surface area contributed by atoms with E-state index in [4.69, 9.17) is 14.2 Å². The second-order valence-corrected chi connectivity index (χ2v) is 6.44. The standard InChI is InChI=1S/C13H27O5P/c1-3-17-19(16,18-4-2)12-13(15)10-8-6-5-7-9-11-14/h14H,3-12H2,1-2H3. The number of Topliss-reactive ketones (excluding diaryl/α,β-unsaturated/α-hetero) is 1. The minimum Gasteiger partial charge on any atom is -0.396 e. The van der Waals surface area contributed by atoms with Gasteiger partial charge in [-0.1, -0.05) is 19.3 Å². The summed E-state index contributed by atoms with van der Waals surface area (Å²) >= 11 is 0. The molecule has 0 aromatic heterocycles. The van der Waals surface area contributed by atoms with E-state index in [2.05, 4.69) is 0 Å². The fourth-order valence-corrected chi connectivity index (χ4v) is 3.42. The van der Waals surface area contributed by atoms with Gasteiger partial charge in [0.2, 0.25) is 0 Å². The molecule has 1 N–H and O–H groups in total. The van der Waals surface area contributed by atoms with E-state index in [0.717, 1.165) is 32.1 Å². The number of unbranched alkanes of at least 4 members (excludes halogenated alkanes) is 4. The van der Waals surface area contributed by atoms with Crippen LogP contribution in [0.2, 0.25) is 0 Å². The lowest BCUT2D eigenvalue weighted by molar-refractivity contribution is -0.117. The van der Waals surface area contributed by atoms with Gasteiger partial charge in [-0.2, -0.15) is 0 Å². The zero-order valence-electron chi connectivity index (χ0n) is 12.1. The molecule has 0 aromatic carbocycles. The van der Waals surface area contributed by atoms with Gasteiger partial charge in [-0.15, -0.1) is 0 Å². The Balaban J connectivity index is 3.84. The number of carbonyl (C=O) groups excluding carboxylic acids is 1. The predicted molar refractivity (Wildman–Crippen MR) is 75.5 cm³/mol. The Bertz CT molecular complexity index is 270. The average molecular weight is 294 g/mol. The van der Waals surface area contributed by atoms with Crippen molar-refractivity contribution < 1.29 is 23.5 Å². The van der Waals surface area contributed by atoms with Crippen LogP contribution in [0.25, 0.3) is 0 Å². The maximum absolute atomic E-state index is 12.1. The Morgan fingerprint density at radius 3 is 2.05 bits per heavy atom. The van der Waals surface area contributed by atoms with Crippen molar-refractivity contribution in [1.82, 2.24) is 0 Å². The Kier molecular flexibility index (Phi) is 11.5. The average Bonchev–Trinajstić information content (AvgIpc) is 2.33. The number of aliphatic hydroxyl groups excluding tert-OH is 1. The van der Waals surface area contributed by atoms with Gasteiger partial charge in [0, 0.05) is 13.0 Å². The fraction of sp³-hybridized carbons (Fsp3) is 0.923. The molecule has 0 aliphatic rings. The molecule has 0 aliphatic heterocycles. The van der Waals surface area contributed by atoms with E-state index in [1.807, 2.05) is 0 Å². The highest BCUT2D eigenvalue weighted by Crippen LogP contribution is 2.48. The first-order valence-corrected chi connectivity index (χ1v) is 8.81. The number of aliphatic hydroxyl groups is 1. The van der Waals surface area contributed by atoms with Gasteiger partial charge in [0.05, 0.1) is 13.2 Å². The lowest BCUT2D eigenvalue weighted by Gasteiger charge is -2.15. The quantitative estimate of drug-likeness (QED) is 0.417. The van der Waals surface area contributed by atoms with E-state index in [1.54, 1.807) is 13.8 Å². The zero-order valence-corrected chi connectivity index (χ0v) is 13.0. The monoisotopic (exact) mass is 294 g/mol. The van der Waals surface area contributed by atoms with E-state index < -0.39 is 7.60 Å². The van der Waals surface area contributed by atoms with Crippen LogP contribution in [0.15, 0.2) is 0 Å². The molecule has 0 unspecified atom stereocenters. The highest BCUT2D eigenvalue weighted by molar-refractivity contribution is 7.54. The molecule has 0 bridgehead atoms. The summed E-state index contributed by atoms with van der Waals surface area (Å²) in [5.74, 6) is -0.0626. The minimum atomic E-state index is -3.22. The van der Waals surface area contributed by atoms with Gasteiger partial charge in [-0.3, -0.25) is 9.36 Å². The molecule has 0 amide bonds. The molecule has 0 aromatic rings. The Labute approximate surface area is 116 Å². The highest BCUT2D eigenvalue weighted by atomic mass is 31.2. The molecule has 0 spiro atoms. The Hall–Kier alpha value is -0.220. The van der Waals surface area contributed by atoms with Crippen LogP contribution in [-0.2, 0) is 18.4 Å². The van der Waals surface area contributed by atoms with Gasteiger partial charge in [-0.25, -0.2) is 0 Å². The van der Waals surface area contributed by atoms with Crippen molar-refractivity contribution in [1.29, 1.82) is 0 Å². The molecule has 19 heavy (non-hydrogen) atoms. The lowest BCUT2D eigenvalue weighted by atomic mass is 10.1. The summed E-state index contributed by atoms with van der Waals surface area (Å²) in [5.41, 5.74) is 0. The van der Waals surface area contributed by atoms with Gasteiger partial charge in [0.15, 0.2) is 0 Å². The number of ketones is 1. The third-order valence-electron chi connectivity index (χ3n) is 2.64. The maximum Gasteiger partial charge on any atom is 0.338 e. The molecule has 0 heterocycles. The largest absolute Gasteiger partial charge is 0.396 e. The highest BCUT2D eigenvalue weighted by Gasteiger charge is 2.26. The normalized spacial score (nSPS) is 11.7. The van der Waals surface area contributed by atoms with Crippen molar-refractivity contribution in [3.05, 3.63) is 0 Å². The van der Waals surface area contributed by atoms with E-state index in [9.17, 15) is 9.36 Å². The van der Waals surface area contributed by atoms with E-state index >= 15 is 0 Å². The van der Waals surface area contributed by atoms with Crippen molar-refractivity contribution in [2.45, 2.75) is 52.4 Å². The summed E-state index contributed by atoms with van der Waals surface area (Å²) in [6.07, 6.45) is 4.87. The van der Waals surface area contributed by atoms with Crippen molar-refractivity contribution in [3.63, 3.8) is 0 Å². The van der Waals surface area contributed by atoms with Crippen LogP contribution in [-0.4, -0.2) is 36.9 Å². The van der Waals surface area contributed by atoms with Crippen LogP contribution in [0.5, 0.6) is 0 Å². The second kappa shape index (κ2) is 11.6. The van der Waals surface area contributed by atoms with Crippen LogP contribution < -0.4 is 0 Å². The molecule has 0 fully saturated rings. The first-order chi connectivity index (χ1) is 9.08. The predicted octanol–water partition coefficient (Wildman–Crippen LogP) is 3.15. The molecule has 0 saturated carbocycles. The van der Waals surface area contributed by atoms with E-state index in [0.29, 0.717) is 6.42 Å². The molecule has 0 atom stereocenters. The number of carbonyl (C=O) groups is 1. The maximum atomic E-state index is 12.1. The van der Waals surface area contributed by atoms with Crippen molar-refractivity contribution in [3.8, 4) is 0 Å². The van der Waals surface area contributed by atoms with Gasteiger partial charge in [-0.05, 0) is 26.7 Å². The summed E-state index contributed by atoms with van der Waals surface area (Å²) < 4.78 is 22.3. The molecule has 6 heteroatoms. The van der Waals surface area contributed by atoms with Crippen LogP contribution in [0.4, 0.5) is 0 Å². The Morgan fingerprint density at radius 2 is 1.53 bits per heavy atom. The van der Waals surface area contributed by atoms with Gasteiger partial charge >= 0.3 is 7.60 Å². The molecule has 0 radical (unpaired) electrons.